The van der Waals surface area contributed by atoms with Crippen LogP contribution in [0.15, 0.2) is 64.6 Å². The molecule has 1 amide bonds. The second-order valence-electron chi connectivity index (χ2n) is 7.59. The highest BCUT2D eigenvalue weighted by Gasteiger charge is 2.22. The molecule has 30 heavy (non-hydrogen) atoms. The number of hydrogen-bond acceptors (Lipinski definition) is 6. The minimum atomic E-state index is -0.0662. The van der Waals surface area contributed by atoms with E-state index in [1.807, 2.05) is 54.0 Å². The lowest BCUT2D eigenvalue weighted by Crippen LogP contribution is -2.41. The first-order valence-corrected chi connectivity index (χ1v) is 11.0. The van der Waals surface area contributed by atoms with Crippen molar-refractivity contribution >= 4 is 33.3 Å². The molecule has 1 aliphatic heterocycles. The minimum Gasteiger partial charge on any atom is -0.355 e. The van der Waals surface area contributed by atoms with Crippen LogP contribution in [0.4, 0.5) is 5.13 Å². The Labute approximate surface area is 178 Å². The summed E-state index contributed by atoms with van der Waals surface area (Å²) in [6, 6.07) is 15.3. The number of nitrogens with zero attached hydrogens (tertiary/aromatic N) is 3. The maximum absolute atomic E-state index is 12.8. The summed E-state index contributed by atoms with van der Waals surface area (Å²) in [5, 5.41) is 11.2. The standard InChI is InChI=1S/C23H22N4O2S/c28-22(25-14-16-5-4-11-27(15-16)23-24-10-12-30-23)18-8-9-20-19(13-18)21(29-26-20)17-6-2-1-3-7-17/h1-3,6-10,12-13,16H,4-5,11,14-15H2,(H,25,28). The molecule has 1 unspecified atom stereocenters. The summed E-state index contributed by atoms with van der Waals surface area (Å²) in [7, 11) is 0. The number of aromatic nitrogens is 2. The zero-order valence-corrected chi connectivity index (χ0v) is 17.3. The molecule has 6 nitrogen and oxygen atoms in total. The van der Waals surface area contributed by atoms with Gasteiger partial charge < -0.3 is 14.7 Å². The van der Waals surface area contributed by atoms with Crippen molar-refractivity contribution in [1.82, 2.24) is 15.5 Å². The van der Waals surface area contributed by atoms with Crippen molar-refractivity contribution in [2.45, 2.75) is 12.8 Å². The van der Waals surface area contributed by atoms with Gasteiger partial charge in [0, 0.05) is 42.3 Å². The number of hydrogen-bond donors (Lipinski definition) is 1. The molecule has 1 N–H and O–H groups in total. The Kier molecular flexibility index (Phi) is 5.19. The second kappa shape index (κ2) is 8.28. The highest BCUT2D eigenvalue weighted by molar-refractivity contribution is 7.13. The third kappa shape index (κ3) is 3.80. The summed E-state index contributed by atoms with van der Waals surface area (Å²) in [6.45, 7) is 2.62. The Bertz CT molecular complexity index is 1140. The number of amides is 1. The van der Waals surface area contributed by atoms with Crippen LogP contribution in [0.1, 0.15) is 23.2 Å². The fraction of sp³-hybridized carbons (Fsp3) is 0.261. The van der Waals surface area contributed by atoms with Gasteiger partial charge in [0.1, 0.15) is 5.52 Å². The van der Waals surface area contributed by atoms with E-state index in [1.54, 1.807) is 17.4 Å². The largest absolute Gasteiger partial charge is 0.355 e. The van der Waals surface area contributed by atoms with Crippen LogP contribution in [0, 0.1) is 5.92 Å². The van der Waals surface area contributed by atoms with Gasteiger partial charge in [0.25, 0.3) is 5.91 Å². The summed E-state index contributed by atoms with van der Waals surface area (Å²) >= 11 is 1.67. The van der Waals surface area contributed by atoms with E-state index in [1.165, 1.54) is 0 Å². The number of thiazole rings is 1. The molecule has 1 aliphatic rings. The summed E-state index contributed by atoms with van der Waals surface area (Å²) in [5.41, 5.74) is 2.31. The molecule has 2 aromatic heterocycles. The van der Waals surface area contributed by atoms with E-state index in [9.17, 15) is 4.79 Å². The van der Waals surface area contributed by atoms with Crippen molar-refractivity contribution in [2.24, 2.45) is 5.92 Å². The molecule has 1 fully saturated rings. The monoisotopic (exact) mass is 418 g/mol. The second-order valence-corrected chi connectivity index (χ2v) is 8.46. The number of benzene rings is 2. The molecule has 0 bridgehead atoms. The van der Waals surface area contributed by atoms with Crippen molar-refractivity contribution in [3.63, 3.8) is 0 Å². The van der Waals surface area contributed by atoms with Gasteiger partial charge in [-0.25, -0.2) is 4.98 Å². The van der Waals surface area contributed by atoms with Crippen LogP contribution in [-0.2, 0) is 0 Å². The molecule has 5 rings (SSSR count). The third-order valence-corrected chi connectivity index (χ3v) is 6.37. The number of piperidine rings is 1. The molecule has 0 spiro atoms. The number of nitrogens with one attached hydrogen (secondary N) is 1. The van der Waals surface area contributed by atoms with Crippen molar-refractivity contribution < 1.29 is 9.32 Å². The summed E-state index contributed by atoms with van der Waals surface area (Å²) in [6.07, 6.45) is 4.08. The van der Waals surface area contributed by atoms with Crippen LogP contribution in [-0.4, -0.2) is 35.7 Å². The van der Waals surface area contributed by atoms with Crippen LogP contribution in [0.2, 0.25) is 0 Å². The molecule has 3 heterocycles. The molecule has 0 radical (unpaired) electrons. The van der Waals surface area contributed by atoms with Crippen LogP contribution in [0.3, 0.4) is 0 Å². The maximum atomic E-state index is 12.8. The molecule has 4 aromatic rings. The Hall–Kier alpha value is -3.19. The van der Waals surface area contributed by atoms with Crippen LogP contribution < -0.4 is 10.2 Å². The fourth-order valence-corrected chi connectivity index (χ4v) is 4.68. The minimum absolute atomic E-state index is 0.0662. The number of carbonyl (C=O) groups is 1. The molecule has 1 saturated heterocycles. The average molecular weight is 419 g/mol. The first kappa shape index (κ1) is 18.8. The van der Waals surface area contributed by atoms with Gasteiger partial charge in [0.15, 0.2) is 10.9 Å². The third-order valence-electron chi connectivity index (χ3n) is 5.53. The highest BCUT2D eigenvalue weighted by Crippen LogP contribution is 2.29. The van der Waals surface area contributed by atoms with Crippen LogP contribution in [0.25, 0.3) is 22.2 Å². The molecule has 0 aliphatic carbocycles. The van der Waals surface area contributed by atoms with E-state index in [2.05, 4.69) is 20.4 Å². The van der Waals surface area contributed by atoms with Gasteiger partial charge in [-0.1, -0.05) is 35.5 Å². The van der Waals surface area contributed by atoms with Gasteiger partial charge in [0.05, 0.1) is 5.39 Å². The summed E-state index contributed by atoms with van der Waals surface area (Å²) in [4.78, 5) is 19.6. The summed E-state index contributed by atoms with van der Waals surface area (Å²) in [5.74, 6) is 1.04. The van der Waals surface area contributed by atoms with Gasteiger partial charge in [-0.05, 0) is 37.0 Å². The van der Waals surface area contributed by atoms with Gasteiger partial charge in [0.2, 0.25) is 0 Å². The van der Waals surface area contributed by atoms with E-state index in [0.717, 1.165) is 47.5 Å². The van der Waals surface area contributed by atoms with Crippen molar-refractivity contribution in [1.29, 1.82) is 0 Å². The Morgan fingerprint density at radius 3 is 2.97 bits per heavy atom. The maximum Gasteiger partial charge on any atom is 0.251 e. The molecular weight excluding hydrogens is 396 g/mol. The first-order chi connectivity index (χ1) is 14.8. The van der Waals surface area contributed by atoms with Crippen molar-refractivity contribution in [2.75, 3.05) is 24.5 Å². The number of rotatable bonds is 5. The van der Waals surface area contributed by atoms with E-state index in [0.29, 0.717) is 23.8 Å². The Morgan fingerprint density at radius 2 is 2.13 bits per heavy atom. The van der Waals surface area contributed by atoms with E-state index < -0.39 is 0 Å². The highest BCUT2D eigenvalue weighted by atomic mass is 32.1. The van der Waals surface area contributed by atoms with E-state index >= 15 is 0 Å². The van der Waals surface area contributed by atoms with Gasteiger partial charge in [-0.2, -0.15) is 0 Å². The van der Waals surface area contributed by atoms with Crippen LogP contribution >= 0.6 is 11.3 Å². The van der Waals surface area contributed by atoms with Gasteiger partial charge in [-0.3, -0.25) is 4.79 Å². The van der Waals surface area contributed by atoms with Crippen LogP contribution in [0.5, 0.6) is 0 Å². The lowest BCUT2D eigenvalue weighted by atomic mass is 9.98. The summed E-state index contributed by atoms with van der Waals surface area (Å²) < 4.78 is 5.55. The smallest absolute Gasteiger partial charge is 0.251 e. The molecule has 7 heteroatoms. The molecule has 2 aromatic carbocycles. The molecular formula is C23H22N4O2S. The number of carbonyl (C=O) groups excluding carboxylic acids is 1. The quantitative estimate of drug-likeness (QED) is 0.513. The predicted octanol–water partition coefficient (Wildman–Crippen LogP) is 4.60. The molecule has 1 atom stereocenters. The fourth-order valence-electron chi connectivity index (χ4n) is 4.00. The lowest BCUT2D eigenvalue weighted by Gasteiger charge is -2.32. The van der Waals surface area contributed by atoms with Crippen molar-refractivity contribution in [3.05, 3.63) is 65.7 Å². The van der Waals surface area contributed by atoms with Gasteiger partial charge >= 0.3 is 0 Å². The zero-order valence-electron chi connectivity index (χ0n) is 16.5. The Balaban J connectivity index is 1.28. The Morgan fingerprint density at radius 1 is 1.23 bits per heavy atom. The zero-order chi connectivity index (χ0) is 20.3. The number of fused-ring (bicyclic) bond motifs is 1. The van der Waals surface area contributed by atoms with Gasteiger partial charge in [-0.15, -0.1) is 11.3 Å². The van der Waals surface area contributed by atoms with Crippen molar-refractivity contribution in [3.8, 4) is 11.3 Å². The number of anilines is 1. The topological polar surface area (TPSA) is 71.3 Å². The predicted molar refractivity (Wildman–Crippen MR) is 119 cm³/mol. The normalized spacial score (nSPS) is 16.7. The molecule has 152 valence electrons. The average Bonchev–Trinajstić information content (AvgIpc) is 3.48. The molecule has 0 saturated carbocycles. The lowest BCUT2D eigenvalue weighted by molar-refractivity contribution is 0.0946. The van der Waals surface area contributed by atoms with E-state index in [4.69, 9.17) is 4.52 Å². The first-order valence-electron chi connectivity index (χ1n) is 10.2. The van der Waals surface area contributed by atoms with E-state index in [-0.39, 0.29) is 5.91 Å². The SMILES string of the molecule is O=C(NCC1CCCN(c2nccs2)C1)c1ccc2noc(-c3ccccc3)c2c1.